The zero-order chi connectivity index (χ0) is 12.7. The first-order valence-electron chi connectivity index (χ1n) is 5.80. The first-order valence-corrected chi connectivity index (χ1v) is 5.80. The highest BCUT2D eigenvalue weighted by atomic mass is 16.5. The number of carbonyl (C=O) groups is 2. The van der Waals surface area contributed by atoms with Gasteiger partial charge in [0.2, 0.25) is 5.91 Å². The molecule has 1 heterocycles. The van der Waals surface area contributed by atoms with E-state index in [4.69, 9.17) is 10.5 Å². The van der Waals surface area contributed by atoms with Gasteiger partial charge in [-0.05, 0) is 19.3 Å². The second-order valence-corrected chi connectivity index (χ2v) is 4.20. The maximum Gasteiger partial charge on any atom is 0.305 e. The zero-order valence-corrected chi connectivity index (χ0v) is 10.2. The van der Waals surface area contributed by atoms with Crippen molar-refractivity contribution in [2.24, 2.45) is 5.73 Å². The van der Waals surface area contributed by atoms with Gasteiger partial charge >= 0.3 is 5.97 Å². The van der Waals surface area contributed by atoms with E-state index in [9.17, 15) is 9.59 Å². The lowest BCUT2D eigenvalue weighted by atomic mass is 9.90. The Kier molecular flexibility index (Phi) is 5.37. The van der Waals surface area contributed by atoms with Gasteiger partial charge in [-0.3, -0.25) is 9.59 Å². The van der Waals surface area contributed by atoms with Crippen molar-refractivity contribution < 1.29 is 19.1 Å². The minimum atomic E-state index is -0.816. The molecule has 1 saturated heterocycles. The Morgan fingerprint density at radius 2 is 2.06 bits per heavy atom. The fourth-order valence-electron chi connectivity index (χ4n) is 1.68. The van der Waals surface area contributed by atoms with Gasteiger partial charge in [-0.25, -0.2) is 0 Å². The van der Waals surface area contributed by atoms with Crippen LogP contribution in [0, 0.1) is 0 Å². The van der Waals surface area contributed by atoms with Gasteiger partial charge in [0.05, 0.1) is 12.6 Å². The summed E-state index contributed by atoms with van der Waals surface area (Å²) in [5.74, 6) is -0.432. The smallest absolute Gasteiger partial charge is 0.305 e. The van der Waals surface area contributed by atoms with E-state index in [0.29, 0.717) is 45.4 Å². The second-order valence-electron chi connectivity index (χ2n) is 4.20. The third kappa shape index (κ3) is 4.32. The van der Waals surface area contributed by atoms with Crippen molar-refractivity contribution in [3.63, 3.8) is 0 Å². The molecule has 1 rings (SSSR count). The van der Waals surface area contributed by atoms with Crippen LogP contribution in [-0.2, 0) is 19.1 Å². The van der Waals surface area contributed by atoms with Crippen molar-refractivity contribution in [1.82, 2.24) is 5.32 Å². The molecule has 1 fully saturated rings. The molecule has 1 aliphatic heterocycles. The summed E-state index contributed by atoms with van der Waals surface area (Å²) in [6, 6.07) is 0. The molecular formula is C11H20N2O4. The Labute approximate surface area is 101 Å². The summed E-state index contributed by atoms with van der Waals surface area (Å²) < 4.78 is 9.67. The van der Waals surface area contributed by atoms with Crippen molar-refractivity contribution >= 4 is 11.9 Å². The molecule has 0 aromatic heterocycles. The third-order valence-electron chi connectivity index (χ3n) is 2.91. The molecule has 0 atom stereocenters. The van der Waals surface area contributed by atoms with Gasteiger partial charge in [0.25, 0.3) is 0 Å². The molecular weight excluding hydrogens is 224 g/mol. The number of hydrogen-bond donors (Lipinski definition) is 2. The van der Waals surface area contributed by atoms with Gasteiger partial charge in [0, 0.05) is 26.2 Å². The van der Waals surface area contributed by atoms with Crippen LogP contribution < -0.4 is 11.1 Å². The first kappa shape index (κ1) is 13.9. The lowest BCUT2D eigenvalue weighted by Crippen LogP contribution is -2.57. The first-order chi connectivity index (χ1) is 8.08. The summed E-state index contributed by atoms with van der Waals surface area (Å²) >= 11 is 0. The van der Waals surface area contributed by atoms with E-state index in [0.717, 1.165) is 0 Å². The van der Waals surface area contributed by atoms with Crippen LogP contribution in [0.5, 0.6) is 0 Å². The van der Waals surface area contributed by atoms with Crippen molar-refractivity contribution in [3.05, 3.63) is 0 Å². The molecule has 0 unspecified atom stereocenters. The largest absolute Gasteiger partial charge is 0.469 e. The summed E-state index contributed by atoms with van der Waals surface area (Å²) in [5.41, 5.74) is 5.17. The van der Waals surface area contributed by atoms with Crippen LogP contribution in [0.2, 0.25) is 0 Å². The Morgan fingerprint density at radius 3 is 2.65 bits per heavy atom. The number of rotatable bonds is 5. The second kappa shape index (κ2) is 6.56. The average molecular weight is 244 g/mol. The Hall–Kier alpha value is -1.14. The number of hydrogen-bond acceptors (Lipinski definition) is 5. The van der Waals surface area contributed by atoms with Crippen LogP contribution in [0.15, 0.2) is 0 Å². The molecule has 6 heteroatoms. The quantitative estimate of drug-likeness (QED) is 0.505. The molecule has 17 heavy (non-hydrogen) atoms. The number of ether oxygens (including phenoxy) is 2. The number of methoxy groups -OCH3 is 1. The summed E-state index contributed by atoms with van der Waals surface area (Å²) in [6.07, 6.45) is 1.94. The maximum absolute atomic E-state index is 11.8. The molecule has 0 spiro atoms. The maximum atomic E-state index is 11.8. The minimum absolute atomic E-state index is 0.161. The fourth-order valence-corrected chi connectivity index (χ4v) is 1.68. The van der Waals surface area contributed by atoms with Crippen LogP contribution >= 0.6 is 0 Å². The highest BCUT2D eigenvalue weighted by Gasteiger charge is 2.35. The number of amides is 1. The summed E-state index contributed by atoms with van der Waals surface area (Å²) in [6.45, 7) is 1.48. The van der Waals surface area contributed by atoms with E-state index in [1.165, 1.54) is 7.11 Å². The third-order valence-corrected chi connectivity index (χ3v) is 2.91. The van der Waals surface area contributed by atoms with Gasteiger partial charge in [0.1, 0.15) is 0 Å². The lowest BCUT2D eigenvalue weighted by molar-refractivity contribution is -0.141. The molecule has 3 N–H and O–H groups in total. The lowest BCUT2D eigenvalue weighted by Gasteiger charge is -2.31. The molecule has 98 valence electrons. The predicted molar refractivity (Wildman–Crippen MR) is 61.2 cm³/mol. The molecule has 0 bridgehead atoms. The van der Waals surface area contributed by atoms with Crippen molar-refractivity contribution in [1.29, 1.82) is 0 Å². The molecule has 0 saturated carbocycles. The van der Waals surface area contributed by atoms with E-state index in [-0.39, 0.29) is 11.9 Å². The van der Waals surface area contributed by atoms with Gasteiger partial charge < -0.3 is 20.5 Å². The van der Waals surface area contributed by atoms with E-state index in [1.807, 2.05) is 0 Å². The van der Waals surface area contributed by atoms with Crippen molar-refractivity contribution in [2.75, 3.05) is 26.9 Å². The van der Waals surface area contributed by atoms with E-state index >= 15 is 0 Å². The normalized spacial score (nSPS) is 18.5. The molecule has 0 aliphatic carbocycles. The Morgan fingerprint density at radius 1 is 1.41 bits per heavy atom. The van der Waals surface area contributed by atoms with E-state index < -0.39 is 5.54 Å². The Bertz CT molecular complexity index is 275. The number of nitrogens with two attached hydrogens (primary N) is 1. The van der Waals surface area contributed by atoms with Crippen LogP contribution in [-0.4, -0.2) is 44.3 Å². The highest BCUT2D eigenvalue weighted by Crippen LogP contribution is 2.17. The average Bonchev–Trinajstić information content (AvgIpc) is 2.34. The molecule has 6 nitrogen and oxygen atoms in total. The number of esters is 1. The minimum Gasteiger partial charge on any atom is -0.469 e. The molecule has 1 amide bonds. The standard InChI is InChI=1S/C11H20N2O4/c1-16-9(14)3-2-6-13-10(15)11(12)4-7-17-8-5-11/h2-8,12H2,1H3,(H,13,15). The monoisotopic (exact) mass is 244 g/mol. The summed E-state index contributed by atoms with van der Waals surface area (Å²) in [4.78, 5) is 22.7. The van der Waals surface area contributed by atoms with Gasteiger partial charge in [-0.1, -0.05) is 0 Å². The van der Waals surface area contributed by atoms with Crippen LogP contribution in [0.3, 0.4) is 0 Å². The van der Waals surface area contributed by atoms with Crippen LogP contribution in [0.4, 0.5) is 0 Å². The van der Waals surface area contributed by atoms with Crippen molar-refractivity contribution in [2.45, 2.75) is 31.2 Å². The van der Waals surface area contributed by atoms with Gasteiger partial charge in [-0.2, -0.15) is 0 Å². The van der Waals surface area contributed by atoms with Crippen LogP contribution in [0.25, 0.3) is 0 Å². The summed E-state index contributed by atoms with van der Waals surface area (Å²) in [7, 11) is 1.35. The topological polar surface area (TPSA) is 90.7 Å². The highest BCUT2D eigenvalue weighted by molar-refractivity contribution is 5.86. The fraction of sp³-hybridized carbons (Fsp3) is 0.818. The Balaban J connectivity index is 2.22. The van der Waals surface area contributed by atoms with Crippen molar-refractivity contribution in [3.8, 4) is 0 Å². The van der Waals surface area contributed by atoms with Crippen LogP contribution in [0.1, 0.15) is 25.7 Å². The predicted octanol–water partition coefficient (Wildman–Crippen LogP) is -0.436. The van der Waals surface area contributed by atoms with E-state index in [2.05, 4.69) is 10.1 Å². The SMILES string of the molecule is COC(=O)CCCNC(=O)C1(N)CCOCC1. The molecule has 0 radical (unpaired) electrons. The zero-order valence-electron chi connectivity index (χ0n) is 10.2. The summed E-state index contributed by atoms with van der Waals surface area (Å²) in [5, 5.41) is 2.75. The van der Waals surface area contributed by atoms with Gasteiger partial charge in [0.15, 0.2) is 0 Å². The molecule has 0 aromatic rings. The van der Waals surface area contributed by atoms with Gasteiger partial charge in [-0.15, -0.1) is 0 Å². The van der Waals surface area contributed by atoms with E-state index in [1.54, 1.807) is 0 Å². The number of carbonyl (C=O) groups excluding carboxylic acids is 2. The number of nitrogens with one attached hydrogen (secondary N) is 1. The molecule has 1 aliphatic rings. The molecule has 0 aromatic carbocycles.